The predicted octanol–water partition coefficient (Wildman–Crippen LogP) is 0.300. The van der Waals surface area contributed by atoms with Gasteiger partial charge in [0.15, 0.2) is 0 Å². The van der Waals surface area contributed by atoms with E-state index in [2.05, 4.69) is 0 Å². The van der Waals surface area contributed by atoms with Gasteiger partial charge < -0.3 is 4.74 Å². The lowest BCUT2D eigenvalue weighted by atomic mass is 9.59. The molecule has 6 saturated carbocycles. The van der Waals surface area contributed by atoms with E-state index in [-0.39, 0.29) is 23.8 Å². The molecule has 2 bridgehead atoms. The third-order valence-electron chi connectivity index (χ3n) is 6.57. The maximum Gasteiger partial charge on any atom is 0.317 e. The molecule has 1 heterocycles. The molecule has 0 aromatic carbocycles. The normalized spacial score (nSPS) is 78.1. The molecule has 0 spiro atoms. The summed E-state index contributed by atoms with van der Waals surface area (Å²) in [4.78, 5) is 23.4. The molecule has 10 atom stereocenters. The van der Waals surface area contributed by atoms with Gasteiger partial charge in [-0.1, -0.05) is 0 Å². The van der Waals surface area contributed by atoms with E-state index in [1.807, 2.05) is 0 Å². The van der Waals surface area contributed by atoms with Crippen molar-refractivity contribution in [3.05, 3.63) is 0 Å². The zero-order valence-corrected chi connectivity index (χ0v) is 8.00. The van der Waals surface area contributed by atoms with Gasteiger partial charge in [0.1, 0.15) is 0 Å². The number of hydrogen-bond donors (Lipinski definition) is 0. The molecule has 0 aromatic heterocycles. The zero-order chi connectivity index (χ0) is 9.64. The average molecular weight is 202 g/mol. The maximum atomic E-state index is 11.7. The van der Waals surface area contributed by atoms with Crippen molar-refractivity contribution in [1.29, 1.82) is 0 Å². The van der Waals surface area contributed by atoms with E-state index in [4.69, 9.17) is 4.74 Å². The summed E-state index contributed by atoms with van der Waals surface area (Å²) >= 11 is 0. The highest BCUT2D eigenvalue weighted by molar-refractivity contribution is 5.98. The highest BCUT2D eigenvalue weighted by Crippen LogP contribution is 2.93. The summed E-state index contributed by atoms with van der Waals surface area (Å²) in [6.07, 6.45) is 0. The first kappa shape index (κ1) is 6.66. The van der Waals surface area contributed by atoms with Crippen LogP contribution >= 0.6 is 0 Å². The molecule has 15 heavy (non-hydrogen) atoms. The molecule has 4 unspecified atom stereocenters. The van der Waals surface area contributed by atoms with Crippen molar-refractivity contribution in [1.82, 2.24) is 0 Å². The van der Waals surface area contributed by atoms with Gasteiger partial charge in [0.2, 0.25) is 0 Å². The van der Waals surface area contributed by atoms with E-state index >= 15 is 0 Å². The van der Waals surface area contributed by atoms with Gasteiger partial charge in [0, 0.05) is 0 Å². The second-order valence-corrected chi connectivity index (χ2v) is 6.41. The first-order chi connectivity index (χ1) is 7.30. The number of carbonyl (C=O) groups excluding carboxylic acids is 2. The number of rotatable bonds is 0. The summed E-state index contributed by atoms with van der Waals surface area (Å²) in [7, 11) is 0. The Balaban J connectivity index is 1.65. The van der Waals surface area contributed by atoms with Crippen LogP contribution in [0.3, 0.4) is 0 Å². The largest absolute Gasteiger partial charge is 0.393 e. The van der Waals surface area contributed by atoms with Gasteiger partial charge in [-0.15, -0.1) is 0 Å². The van der Waals surface area contributed by atoms with Gasteiger partial charge in [-0.25, -0.2) is 0 Å². The SMILES string of the molecule is O=C1OC(=O)[C@@H]2C3[C@H]4C5C6[C@H](C([C@H]54)[C@@H]12)[C@@H]63. The molecule has 6 aliphatic carbocycles. The molecule has 7 fully saturated rings. The molecule has 1 aliphatic heterocycles. The zero-order valence-electron chi connectivity index (χ0n) is 8.00. The van der Waals surface area contributed by atoms with E-state index in [0.717, 1.165) is 35.5 Å². The van der Waals surface area contributed by atoms with Crippen LogP contribution in [-0.2, 0) is 14.3 Å². The van der Waals surface area contributed by atoms with Gasteiger partial charge in [0.05, 0.1) is 11.8 Å². The Kier molecular flexibility index (Phi) is 0.659. The van der Waals surface area contributed by atoms with Crippen molar-refractivity contribution in [3.8, 4) is 0 Å². The smallest absolute Gasteiger partial charge is 0.317 e. The summed E-state index contributed by atoms with van der Waals surface area (Å²) < 4.78 is 4.86. The number of cyclic esters (lactones) is 2. The summed E-state index contributed by atoms with van der Waals surface area (Å²) in [5, 5.41) is 0. The molecular weight excluding hydrogens is 192 g/mol. The van der Waals surface area contributed by atoms with Crippen LogP contribution in [0.2, 0.25) is 0 Å². The van der Waals surface area contributed by atoms with E-state index < -0.39 is 0 Å². The minimum atomic E-state index is -0.185. The first-order valence-corrected chi connectivity index (χ1v) is 6.06. The third-order valence-corrected chi connectivity index (χ3v) is 6.57. The molecule has 0 amide bonds. The number of carbonyl (C=O) groups is 2. The van der Waals surface area contributed by atoms with Crippen molar-refractivity contribution in [2.75, 3.05) is 0 Å². The van der Waals surface area contributed by atoms with Crippen LogP contribution in [0.15, 0.2) is 0 Å². The van der Waals surface area contributed by atoms with E-state index in [9.17, 15) is 9.59 Å². The molecule has 3 nitrogen and oxygen atoms in total. The summed E-state index contributed by atoms with van der Waals surface area (Å²) in [5.41, 5.74) is 0. The third kappa shape index (κ3) is 0.409. The average Bonchev–Trinajstić information content (AvgIpc) is 2.99. The van der Waals surface area contributed by atoms with Crippen molar-refractivity contribution < 1.29 is 14.3 Å². The molecule has 0 radical (unpaired) electrons. The summed E-state index contributed by atoms with van der Waals surface area (Å²) in [5.74, 6) is 5.90. The van der Waals surface area contributed by atoms with Gasteiger partial charge in [-0.3, -0.25) is 9.59 Å². The first-order valence-electron chi connectivity index (χ1n) is 6.06. The molecule has 7 rings (SSSR count). The van der Waals surface area contributed by atoms with Crippen molar-refractivity contribution in [2.45, 2.75) is 0 Å². The van der Waals surface area contributed by atoms with Crippen molar-refractivity contribution in [2.24, 2.45) is 59.2 Å². The minimum Gasteiger partial charge on any atom is -0.393 e. The quantitative estimate of drug-likeness (QED) is 0.419. The second kappa shape index (κ2) is 1.48. The topological polar surface area (TPSA) is 43.4 Å². The second-order valence-electron chi connectivity index (χ2n) is 6.41. The fourth-order valence-corrected chi connectivity index (χ4v) is 6.64. The van der Waals surface area contributed by atoms with Crippen LogP contribution in [0.25, 0.3) is 0 Å². The molecule has 0 N–H and O–H groups in total. The minimum absolute atomic E-state index is 0.0116. The van der Waals surface area contributed by atoms with Crippen molar-refractivity contribution >= 4 is 11.9 Å². The number of hydrogen-bond acceptors (Lipinski definition) is 3. The fourth-order valence-electron chi connectivity index (χ4n) is 6.64. The molecule has 3 heteroatoms. The van der Waals surface area contributed by atoms with Crippen LogP contribution < -0.4 is 0 Å². The van der Waals surface area contributed by atoms with E-state index in [1.165, 1.54) is 0 Å². The van der Waals surface area contributed by atoms with Crippen LogP contribution in [-0.4, -0.2) is 11.9 Å². The Bertz CT molecular complexity index is 407. The Hall–Kier alpha value is -0.860. The molecule has 0 aromatic rings. The van der Waals surface area contributed by atoms with Crippen LogP contribution in [0.5, 0.6) is 0 Å². The monoisotopic (exact) mass is 202 g/mol. The van der Waals surface area contributed by atoms with E-state index in [1.54, 1.807) is 0 Å². The van der Waals surface area contributed by atoms with Gasteiger partial charge in [-0.2, -0.15) is 0 Å². The Morgan fingerprint density at radius 2 is 0.933 bits per heavy atom. The van der Waals surface area contributed by atoms with Crippen LogP contribution in [0.1, 0.15) is 0 Å². The molecular formula is C12H10O3. The van der Waals surface area contributed by atoms with E-state index in [0.29, 0.717) is 11.8 Å². The predicted molar refractivity (Wildman–Crippen MR) is 46.0 cm³/mol. The summed E-state index contributed by atoms with van der Waals surface area (Å²) in [6.45, 7) is 0. The Morgan fingerprint density at radius 3 is 1.33 bits per heavy atom. The van der Waals surface area contributed by atoms with Gasteiger partial charge in [-0.05, 0) is 47.3 Å². The molecule has 1 saturated heterocycles. The Labute approximate surface area is 86.2 Å². The van der Waals surface area contributed by atoms with Gasteiger partial charge in [0.25, 0.3) is 0 Å². The van der Waals surface area contributed by atoms with Crippen molar-refractivity contribution in [3.63, 3.8) is 0 Å². The lowest BCUT2D eigenvalue weighted by Crippen LogP contribution is -2.45. The van der Waals surface area contributed by atoms with Crippen LogP contribution in [0.4, 0.5) is 0 Å². The summed E-state index contributed by atoms with van der Waals surface area (Å²) in [6, 6.07) is 0. The maximum absolute atomic E-state index is 11.7. The van der Waals surface area contributed by atoms with Crippen LogP contribution in [0, 0.1) is 59.2 Å². The number of ether oxygens (including phenoxy) is 1. The lowest BCUT2D eigenvalue weighted by molar-refractivity contribution is -0.154. The van der Waals surface area contributed by atoms with Gasteiger partial charge >= 0.3 is 11.9 Å². The highest BCUT2D eigenvalue weighted by atomic mass is 16.6. The fraction of sp³-hybridized carbons (Fsp3) is 0.833. The number of esters is 2. The standard InChI is InChI=1S/C12H10O3/c13-11-9-7-3-1-2-5(7)6(2)8(4(1)3)10(9)12(14)15-11/h1-10H/t1?,2?,3-,4+,5+,6-,7?,8?,9-,10-/m1/s1. The molecule has 7 aliphatic rings. The lowest BCUT2D eigenvalue weighted by Gasteiger charge is -2.40. The highest BCUT2D eigenvalue weighted by Gasteiger charge is 2.93. The Morgan fingerprint density at radius 1 is 0.600 bits per heavy atom. The molecule has 76 valence electrons.